The van der Waals surface area contributed by atoms with Gasteiger partial charge in [-0.05, 0) is 98.2 Å². The third kappa shape index (κ3) is 2.06. The van der Waals surface area contributed by atoms with Crippen LogP contribution in [0.3, 0.4) is 0 Å². The summed E-state index contributed by atoms with van der Waals surface area (Å²) in [7, 11) is 0. The SMILES string of the molecule is C[C@]12CC[C@H]3[C@@H](CCC4CCCC[C@@]43C)[C@@H]1CC[C@@H]2CCO. The maximum absolute atomic E-state index is 9.46. The minimum atomic E-state index is 0.404. The highest BCUT2D eigenvalue weighted by atomic mass is 16.3. The maximum Gasteiger partial charge on any atom is 0.0433 e. The molecule has 0 amide bonds. The van der Waals surface area contributed by atoms with Gasteiger partial charge in [0.25, 0.3) is 0 Å². The molecule has 1 unspecified atom stereocenters. The van der Waals surface area contributed by atoms with Crippen LogP contribution >= 0.6 is 0 Å². The number of hydrogen-bond donors (Lipinski definition) is 1. The van der Waals surface area contributed by atoms with Crippen molar-refractivity contribution in [3.63, 3.8) is 0 Å². The number of fused-ring (bicyclic) bond motifs is 5. The Hall–Kier alpha value is -0.0400. The van der Waals surface area contributed by atoms with E-state index < -0.39 is 0 Å². The van der Waals surface area contributed by atoms with Gasteiger partial charge in [0, 0.05) is 6.61 Å². The molecule has 0 saturated heterocycles. The van der Waals surface area contributed by atoms with E-state index in [1.54, 1.807) is 0 Å². The van der Waals surface area contributed by atoms with Crippen LogP contribution in [-0.4, -0.2) is 11.7 Å². The summed E-state index contributed by atoms with van der Waals surface area (Å²) in [5, 5.41) is 9.46. The maximum atomic E-state index is 9.46. The van der Waals surface area contributed by atoms with Crippen molar-refractivity contribution in [2.24, 2.45) is 40.4 Å². The summed E-state index contributed by atoms with van der Waals surface area (Å²) in [6, 6.07) is 0. The molecule has 4 aliphatic rings. The lowest BCUT2D eigenvalue weighted by Gasteiger charge is -2.60. The summed E-state index contributed by atoms with van der Waals surface area (Å²) in [6.07, 6.45) is 15.9. The highest BCUT2D eigenvalue weighted by Gasteiger charge is 2.59. The van der Waals surface area contributed by atoms with Gasteiger partial charge in [-0.1, -0.05) is 26.7 Å². The second kappa shape index (κ2) is 5.50. The average Bonchev–Trinajstić information content (AvgIpc) is 2.84. The summed E-state index contributed by atoms with van der Waals surface area (Å²) < 4.78 is 0. The summed E-state index contributed by atoms with van der Waals surface area (Å²) in [6.45, 7) is 5.67. The van der Waals surface area contributed by atoms with Gasteiger partial charge in [-0.15, -0.1) is 0 Å². The van der Waals surface area contributed by atoms with Gasteiger partial charge in [0.1, 0.15) is 0 Å². The highest BCUT2D eigenvalue weighted by molar-refractivity contribution is 5.08. The first-order chi connectivity index (χ1) is 10.6. The van der Waals surface area contributed by atoms with Crippen LogP contribution in [0, 0.1) is 40.4 Å². The molecule has 4 saturated carbocycles. The van der Waals surface area contributed by atoms with Crippen LogP contribution in [-0.2, 0) is 0 Å². The first-order valence-electron chi connectivity index (χ1n) is 10.2. The van der Waals surface area contributed by atoms with Gasteiger partial charge in [-0.2, -0.15) is 0 Å². The Labute approximate surface area is 137 Å². The van der Waals surface area contributed by atoms with E-state index in [-0.39, 0.29) is 0 Å². The van der Waals surface area contributed by atoms with E-state index in [4.69, 9.17) is 0 Å². The Kier molecular flexibility index (Phi) is 3.87. The molecule has 0 aromatic rings. The molecule has 4 aliphatic carbocycles. The van der Waals surface area contributed by atoms with E-state index in [0.29, 0.717) is 17.4 Å². The molecule has 0 bridgehead atoms. The molecule has 0 heterocycles. The van der Waals surface area contributed by atoms with Crippen molar-refractivity contribution in [1.82, 2.24) is 0 Å². The van der Waals surface area contributed by atoms with Crippen molar-refractivity contribution in [1.29, 1.82) is 0 Å². The summed E-state index contributed by atoms with van der Waals surface area (Å²) >= 11 is 0. The smallest absolute Gasteiger partial charge is 0.0433 e. The van der Waals surface area contributed by atoms with Gasteiger partial charge >= 0.3 is 0 Å². The van der Waals surface area contributed by atoms with Crippen molar-refractivity contribution >= 4 is 0 Å². The van der Waals surface area contributed by atoms with E-state index in [1.165, 1.54) is 64.2 Å². The lowest BCUT2D eigenvalue weighted by molar-refractivity contribution is -0.111. The molecule has 0 aliphatic heterocycles. The minimum Gasteiger partial charge on any atom is -0.396 e. The first-order valence-corrected chi connectivity index (χ1v) is 10.2. The van der Waals surface area contributed by atoms with Crippen molar-refractivity contribution < 1.29 is 5.11 Å². The lowest BCUT2D eigenvalue weighted by Crippen LogP contribution is -2.52. The fourth-order valence-electron chi connectivity index (χ4n) is 8.03. The average molecular weight is 305 g/mol. The molecule has 0 aromatic heterocycles. The summed E-state index contributed by atoms with van der Waals surface area (Å²) in [5.74, 6) is 4.86. The highest BCUT2D eigenvalue weighted by Crippen LogP contribution is 2.67. The zero-order valence-corrected chi connectivity index (χ0v) is 14.8. The van der Waals surface area contributed by atoms with Crippen LogP contribution < -0.4 is 0 Å². The molecule has 1 nitrogen and oxygen atoms in total. The molecule has 0 spiro atoms. The quantitative estimate of drug-likeness (QED) is 0.722. The molecule has 4 fully saturated rings. The Bertz CT molecular complexity index is 418. The predicted molar refractivity (Wildman–Crippen MR) is 91.5 cm³/mol. The van der Waals surface area contributed by atoms with Gasteiger partial charge in [0.15, 0.2) is 0 Å². The van der Waals surface area contributed by atoms with E-state index in [1.807, 2.05) is 0 Å². The molecule has 1 heteroatoms. The van der Waals surface area contributed by atoms with Crippen LogP contribution in [0.1, 0.15) is 84.5 Å². The van der Waals surface area contributed by atoms with Crippen molar-refractivity contribution in [2.75, 3.05) is 6.61 Å². The minimum absolute atomic E-state index is 0.404. The molecule has 0 aromatic carbocycles. The van der Waals surface area contributed by atoms with Gasteiger partial charge < -0.3 is 5.11 Å². The zero-order chi connectivity index (χ0) is 15.4. The van der Waals surface area contributed by atoms with Crippen LogP contribution in [0.5, 0.6) is 0 Å². The van der Waals surface area contributed by atoms with Crippen molar-refractivity contribution in [3.8, 4) is 0 Å². The normalized spacial score (nSPS) is 54.4. The Morgan fingerprint density at radius 3 is 2.45 bits per heavy atom. The fraction of sp³-hybridized carbons (Fsp3) is 1.00. The van der Waals surface area contributed by atoms with E-state index in [2.05, 4.69) is 13.8 Å². The second-order valence-electron chi connectivity index (χ2n) is 9.73. The summed E-state index contributed by atoms with van der Waals surface area (Å²) in [5.41, 5.74) is 1.24. The monoisotopic (exact) mass is 304 g/mol. The molecule has 0 radical (unpaired) electrons. The third-order valence-corrected chi connectivity index (χ3v) is 9.26. The van der Waals surface area contributed by atoms with Crippen LogP contribution in [0.25, 0.3) is 0 Å². The molecular weight excluding hydrogens is 268 g/mol. The topological polar surface area (TPSA) is 20.2 Å². The van der Waals surface area contributed by atoms with Gasteiger partial charge in [0.2, 0.25) is 0 Å². The lowest BCUT2D eigenvalue weighted by atomic mass is 9.45. The molecule has 126 valence electrons. The van der Waals surface area contributed by atoms with Crippen LogP contribution in [0.4, 0.5) is 0 Å². The third-order valence-electron chi connectivity index (χ3n) is 9.26. The molecule has 7 atom stereocenters. The number of aliphatic hydroxyl groups is 1. The number of aliphatic hydroxyl groups excluding tert-OH is 1. The van der Waals surface area contributed by atoms with E-state index in [9.17, 15) is 5.11 Å². The van der Waals surface area contributed by atoms with Crippen LogP contribution in [0.15, 0.2) is 0 Å². The molecule has 1 N–H and O–H groups in total. The molecular formula is C21H36O. The Balaban J connectivity index is 1.59. The first kappa shape index (κ1) is 15.5. The Morgan fingerprint density at radius 1 is 0.818 bits per heavy atom. The predicted octanol–water partition coefficient (Wildman–Crippen LogP) is 5.42. The zero-order valence-electron chi connectivity index (χ0n) is 14.8. The Morgan fingerprint density at radius 2 is 1.64 bits per heavy atom. The van der Waals surface area contributed by atoms with Crippen molar-refractivity contribution in [2.45, 2.75) is 84.5 Å². The number of hydrogen-bond acceptors (Lipinski definition) is 1. The number of rotatable bonds is 2. The van der Waals surface area contributed by atoms with E-state index >= 15 is 0 Å². The largest absolute Gasteiger partial charge is 0.396 e. The van der Waals surface area contributed by atoms with Crippen LogP contribution in [0.2, 0.25) is 0 Å². The fourth-order valence-corrected chi connectivity index (χ4v) is 8.03. The van der Waals surface area contributed by atoms with Gasteiger partial charge in [-0.3, -0.25) is 0 Å². The van der Waals surface area contributed by atoms with Gasteiger partial charge in [0.05, 0.1) is 0 Å². The van der Waals surface area contributed by atoms with Gasteiger partial charge in [-0.25, -0.2) is 0 Å². The second-order valence-corrected chi connectivity index (χ2v) is 9.73. The summed E-state index contributed by atoms with van der Waals surface area (Å²) in [4.78, 5) is 0. The molecule has 4 rings (SSSR count). The standard InChI is InChI=1S/C21H36O/c1-20-12-4-3-5-15(20)6-8-17-18-9-7-16(11-14-22)21(18,2)13-10-19(17)20/h15-19,22H,3-14H2,1-2H3/t15?,16-,17+,18+,19+,20+,21-/m1/s1. The van der Waals surface area contributed by atoms with Crippen molar-refractivity contribution in [3.05, 3.63) is 0 Å². The molecule has 22 heavy (non-hydrogen) atoms. The van der Waals surface area contributed by atoms with E-state index in [0.717, 1.165) is 36.0 Å².